The van der Waals surface area contributed by atoms with Gasteiger partial charge in [0.05, 0.1) is 0 Å². The molecule has 0 radical (unpaired) electrons. The van der Waals surface area contributed by atoms with Gasteiger partial charge in [0.25, 0.3) is 11.8 Å². The number of nitrogens with zero attached hydrogens (tertiary/aromatic N) is 1. The van der Waals surface area contributed by atoms with Gasteiger partial charge in [0, 0.05) is 10.6 Å². The zero-order valence-corrected chi connectivity index (χ0v) is 14.3. The van der Waals surface area contributed by atoms with Gasteiger partial charge in [-0.15, -0.1) is 0 Å². The van der Waals surface area contributed by atoms with E-state index in [1.54, 1.807) is 36.4 Å². The molecule has 6 heteroatoms. The molecule has 2 aromatic carbocycles. The monoisotopic (exact) mass is 356 g/mol. The van der Waals surface area contributed by atoms with Crippen LogP contribution in [0.1, 0.15) is 21.5 Å². The summed E-state index contributed by atoms with van der Waals surface area (Å²) in [7, 11) is 0. The molecule has 0 atom stereocenters. The molecule has 0 aliphatic carbocycles. The number of imide groups is 1. The van der Waals surface area contributed by atoms with E-state index in [0.717, 1.165) is 10.5 Å². The molecule has 120 valence electrons. The Morgan fingerprint density at radius 1 is 1.17 bits per heavy atom. The second-order valence-electron chi connectivity index (χ2n) is 5.27. The Balaban J connectivity index is 1.94. The number of hydrogen-bond donors (Lipinski definition) is 1. The van der Waals surface area contributed by atoms with Gasteiger partial charge >= 0.3 is 0 Å². The lowest BCUT2D eigenvalue weighted by Gasteiger charge is -2.13. The van der Waals surface area contributed by atoms with E-state index < -0.39 is 11.8 Å². The minimum absolute atomic E-state index is 0.0616. The molecule has 0 unspecified atom stereocenters. The number of rotatable bonds is 2. The van der Waals surface area contributed by atoms with E-state index in [4.69, 9.17) is 23.8 Å². The Kier molecular flexibility index (Phi) is 4.46. The summed E-state index contributed by atoms with van der Waals surface area (Å²) >= 11 is 11.3. The molecule has 0 aromatic heterocycles. The van der Waals surface area contributed by atoms with Gasteiger partial charge in [0.15, 0.2) is 5.11 Å². The molecule has 3 rings (SSSR count). The quantitative estimate of drug-likeness (QED) is 0.508. The Labute approximate surface area is 149 Å². The lowest BCUT2D eigenvalue weighted by atomic mass is 10.1. The molecule has 2 aromatic rings. The minimum Gasteiger partial charge on any atom is -0.327 e. The van der Waals surface area contributed by atoms with Gasteiger partial charge in [-0.3, -0.25) is 9.59 Å². The number of carbonyl (C=O) groups is 2. The first-order valence-electron chi connectivity index (χ1n) is 7.20. The van der Waals surface area contributed by atoms with Crippen molar-refractivity contribution in [3.05, 3.63) is 75.9 Å². The minimum atomic E-state index is -0.492. The predicted molar refractivity (Wildman–Crippen MR) is 97.5 cm³/mol. The Hall–Kier alpha value is -2.50. The van der Waals surface area contributed by atoms with Crippen molar-refractivity contribution in [2.24, 2.45) is 0 Å². The zero-order valence-electron chi connectivity index (χ0n) is 12.7. The van der Waals surface area contributed by atoms with Crippen LogP contribution >= 0.6 is 23.8 Å². The van der Waals surface area contributed by atoms with E-state index >= 15 is 0 Å². The summed E-state index contributed by atoms with van der Waals surface area (Å²) in [5.41, 5.74) is 2.11. The standard InChI is InChI=1S/C18H13ClN2O2S/c1-11-6-2-4-8-13(11)16(22)21-17(23)15(20-18(21)24)10-12-7-3-5-9-14(12)19/h2-10H,1H3,(H,20,24)/b15-10-. The zero-order chi connectivity index (χ0) is 17.3. The highest BCUT2D eigenvalue weighted by molar-refractivity contribution is 7.80. The summed E-state index contributed by atoms with van der Waals surface area (Å²) in [5.74, 6) is -0.939. The molecule has 0 saturated carbocycles. The van der Waals surface area contributed by atoms with E-state index in [9.17, 15) is 9.59 Å². The summed E-state index contributed by atoms with van der Waals surface area (Å²) in [6, 6.07) is 14.2. The van der Waals surface area contributed by atoms with Gasteiger partial charge in [-0.05, 0) is 48.5 Å². The largest absolute Gasteiger partial charge is 0.327 e. The third kappa shape index (κ3) is 2.96. The van der Waals surface area contributed by atoms with E-state index in [1.807, 2.05) is 25.1 Å². The van der Waals surface area contributed by atoms with Crippen LogP contribution in [0.25, 0.3) is 6.08 Å². The van der Waals surface area contributed by atoms with Gasteiger partial charge < -0.3 is 5.32 Å². The molecule has 1 aliphatic rings. The molecular formula is C18H13ClN2O2S. The van der Waals surface area contributed by atoms with Crippen LogP contribution in [0.15, 0.2) is 54.2 Å². The van der Waals surface area contributed by atoms with Crippen molar-refractivity contribution in [3.8, 4) is 0 Å². The molecule has 1 aliphatic heterocycles. The van der Waals surface area contributed by atoms with Crippen LogP contribution < -0.4 is 5.32 Å². The van der Waals surface area contributed by atoms with E-state index in [-0.39, 0.29) is 10.8 Å². The van der Waals surface area contributed by atoms with Crippen molar-refractivity contribution >= 4 is 46.8 Å². The van der Waals surface area contributed by atoms with Crippen LogP contribution in [0, 0.1) is 6.92 Å². The molecular weight excluding hydrogens is 344 g/mol. The highest BCUT2D eigenvalue weighted by Crippen LogP contribution is 2.22. The van der Waals surface area contributed by atoms with Crippen LogP contribution in [0.3, 0.4) is 0 Å². The summed E-state index contributed by atoms with van der Waals surface area (Å²) in [4.78, 5) is 26.3. The average molecular weight is 357 g/mol. The van der Waals surface area contributed by atoms with Gasteiger partial charge in [0.1, 0.15) is 5.70 Å². The van der Waals surface area contributed by atoms with E-state index in [2.05, 4.69) is 5.32 Å². The van der Waals surface area contributed by atoms with E-state index in [0.29, 0.717) is 16.1 Å². The van der Waals surface area contributed by atoms with Crippen LogP contribution in [0.5, 0.6) is 0 Å². The van der Waals surface area contributed by atoms with Crippen molar-refractivity contribution < 1.29 is 9.59 Å². The fourth-order valence-electron chi connectivity index (χ4n) is 2.40. The van der Waals surface area contributed by atoms with Crippen molar-refractivity contribution in [2.45, 2.75) is 6.92 Å². The fourth-order valence-corrected chi connectivity index (χ4v) is 2.87. The molecule has 2 amide bonds. The highest BCUT2D eigenvalue weighted by atomic mass is 35.5. The van der Waals surface area contributed by atoms with Crippen molar-refractivity contribution in [3.63, 3.8) is 0 Å². The number of halogens is 1. The van der Waals surface area contributed by atoms with Crippen molar-refractivity contribution in [1.29, 1.82) is 0 Å². The lowest BCUT2D eigenvalue weighted by molar-refractivity contribution is -0.120. The molecule has 0 spiro atoms. The van der Waals surface area contributed by atoms with Crippen LogP contribution in [-0.4, -0.2) is 21.8 Å². The second kappa shape index (κ2) is 6.55. The molecule has 4 nitrogen and oxygen atoms in total. The third-order valence-electron chi connectivity index (χ3n) is 3.66. The van der Waals surface area contributed by atoms with Crippen molar-refractivity contribution in [1.82, 2.24) is 10.2 Å². The van der Waals surface area contributed by atoms with Gasteiger partial charge in [-0.2, -0.15) is 0 Å². The number of thiocarbonyl (C=S) groups is 1. The maximum Gasteiger partial charge on any atom is 0.283 e. The number of carbonyl (C=O) groups excluding carboxylic acids is 2. The SMILES string of the molecule is Cc1ccccc1C(=O)N1C(=O)/C(=C/c2ccccc2Cl)NC1=S. The van der Waals surface area contributed by atoms with Crippen LogP contribution in [0.2, 0.25) is 5.02 Å². The maximum absolute atomic E-state index is 12.7. The number of nitrogens with one attached hydrogen (secondary N) is 1. The molecule has 24 heavy (non-hydrogen) atoms. The molecule has 1 saturated heterocycles. The number of hydrogen-bond acceptors (Lipinski definition) is 3. The maximum atomic E-state index is 12.7. The highest BCUT2D eigenvalue weighted by Gasteiger charge is 2.36. The first kappa shape index (κ1) is 16.4. The number of aryl methyl sites for hydroxylation is 1. The van der Waals surface area contributed by atoms with Gasteiger partial charge in [-0.25, -0.2) is 4.90 Å². The van der Waals surface area contributed by atoms with Crippen LogP contribution in [-0.2, 0) is 4.79 Å². The van der Waals surface area contributed by atoms with E-state index in [1.165, 1.54) is 0 Å². The molecule has 1 fully saturated rings. The topological polar surface area (TPSA) is 49.4 Å². The first-order chi connectivity index (χ1) is 11.5. The molecule has 1 N–H and O–H groups in total. The van der Waals surface area contributed by atoms with Crippen molar-refractivity contribution in [2.75, 3.05) is 0 Å². The summed E-state index contributed by atoms with van der Waals surface area (Å²) in [6.07, 6.45) is 1.59. The fraction of sp³-hybridized carbons (Fsp3) is 0.0556. The normalized spacial score (nSPS) is 15.8. The van der Waals surface area contributed by atoms with Crippen LogP contribution in [0.4, 0.5) is 0 Å². The second-order valence-corrected chi connectivity index (χ2v) is 6.06. The van der Waals surface area contributed by atoms with Gasteiger partial charge in [-0.1, -0.05) is 48.0 Å². The summed E-state index contributed by atoms with van der Waals surface area (Å²) in [6.45, 7) is 1.81. The Morgan fingerprint density at radius 3 is 2.54 bits per heavy atom. The van der Waals surface area contributed by atoms with Gasteiger partial charge in [0.2, 0.25) is 0 Å². The predicted octanol–water partition coefficient (Wildman–Crippen LogP) is 3.55. The molecule has 1 heterocycles. The molecule has 0 bridgehead atoms. The summed E-state index contributed by atoms with van der Waals surface area (Å²) < 4.78 is 0. The first-order valence-corrected chi connectivity index (χ1v) is 7.99. The average Bonchev–Trinajstić information content (AvgIpc) is 2.83. The Bertz CT molecular complexity index is 892. The Morgan fingerprint density at radius 2 is 1.83 bits per heavy atom. The lowest BCUT2D eigenvalue weighted by Crippen LogP contribution is -2.37. The number of benzene rings is 2. The smallest absolute Gasteiger partial charge is 0.283 e. The third-order valence-corrected chi connectivity index (χ3v) is 4.29. The number of amides is 2. The summed E-state index contributed by atoms with van der Waals surface area (Å²) in [5, 5.41) is 3.36.